The monoisotopic (exact) mass is 273 g/mol. The van der Waals surface area contributed by atoms with E-state index in [0.29, 0.717) is 11.5 Å². The van der Waals surface area contributed by atoms with E-state index in [4.69, 9.17) is 9.47 Å². The Morgan fingerprint density at radius 1 is 1.45 bits per heavy atom. The van der Waals surface area contributed by atoms with Gasteiger partial charge in [0.25, 0.3) is 5.91 Å². The minimum absolute atomic E-state index is 0.0679. The second-order valence-electron chi connectivity index (χ2n) is 4.00. The lowest BCUT2D eigenvalue weighted by Crippen LogP contribution is -2.23. The topological polar surface area (TPSA) is 90.6 Å². The predicted molar refractivity (Wildman–Crippen MR) is 68.3 cm³/mol. The average Bonchev–Trinajstić information content (AvgIpc) is 3.09. The Kier molecular flexibility index (Phi) is 3.27. The van der Waals surface area contributed by atoms with Crippen molar-refractivity contribution in [1.82, 2.24) is 20.2 Å². The van der Waals surface area contributed by atoms with Crippen molar-refractivity contribution in [3.8, 4) is 11.5 Å². The van der Waals surface area contributed by atoms with Crippen molar-refractivity contribution in [2.45, 2.75) is 6.54 Å². The summed E-state index contributed by atoms with van der Waals surface area (Å²) in [5.41, 5.74) is 3.21. The number of nitrogens with one attached hydrogen (secondary N) is 1. The highest BCUT2D eigenvalue weighted by molar-refractivity contribution is 5.83. The lowest BCUT2D eigenvalue weighted by atomic mass is 10.2. The minimum Gasteiger partial charge on any atom is -0.454 e. The highest BCUT2D eigenvalue weighted by Crippen LogP contribution is 2.31. The third-order valence-corrected chi connectivity index (χ3v) is 2.57. The Morgan fingerprint density at radius 3 is 3.20 bits per heavy atom. The Labute approximate surface area is 114 Å². The Bertz CT molecular complexity index is 639. The van der Waals surface area contributed by atoms with Crippen LogP contribution in [-0.4, -0.2) is 33.7 Å². The summed E-state index contributed by atoms with van der Waals surface area (Å²) in [4.78, 5) is 15.3. The van der Waals surface area contributed by atoms with Crippen LogP contribution in [0.3, 0.4) is 0 Å². The molecule has 0 saturated carbocycles. The molecule has 2 aromatic rings. The molecule has 3 rings (SSSR count). The molecule has 1 aliphatic rings. The second kappa shape index (κ2) is 5.39. The molecule has 1 aliphatic heterocycles. The number of ether oxygens (including phenoxy) is 2. The Morgan fingerprint density at radius 2 is 2.35 bits per heavy atom. The first-order valence-corrected chi connectivity index (χ1v) is 5.85. The third-order valence-electron chi connectivity index (χ3n) is 2.57. The van der Waals surface area contributed by atoms with Crippen molar-refractivity contribution >= 4 is 12.1 Å². The van der Waals surface area contributed by atoms with E-state index in [1.165, 1.54) is 23.6 Å². The van der Waals surface area contributed by atoms with Crippen LogP contribution in [0.4, 0.5) is 0 Å². The molecule has 0 atom stereocenters. The molecule has 8 nitrogen and oxygen atoms in total. The number of aromatic nitrogens is 3. The number of hydrogen-bond donors (Lipinski definition) is 1. The lowest BCUT2D eigenvalue weighted by Gasteiger charge is -2.00. The second-order valence-corrected chi connectivity index (χ2v) is 4.00. The summed E-state index contributed by atoms with van der Waals surface area (Å²) in [5, 5.41) is 7.69. The van der Waals surface area contributed by atoms with Gasteiger partial charge < -0.3 is 9.47 Å². The van der Waals surface area contributed by atoms with E-state index >= 15 is 0 Å². The number of fused-ring (bicyclic) bond motifs is 1. The van der Waals surface area contributed by atoms with Gasteiger partial charge in [-0.05, 0) is 23.8 Å². The first-order valence-electron chi connectivity index (χ1n) is 5.85. The molecule has 0 aliphatic carbocycles. The van der Waals surface area contributed by atoms with E-state index in [2.05, 4.69) is 20.6 Å². The van der Waals surface area contributed by atoms with Crippen molar-refractivity contribution in [3.05, 3.63) is 36.4 Å². The van der Waals surface area contributed by atoms with Crippen molar-refractivity contribution in [3.63, 3.8) is 0 Å². The zero-order valence-electron chi connectivity index (χ0n) is 10.4. The maximum absolute atomic E-state index is 11.5. The van der Waals surface area contributed by atoms with Crippen LogP contribution in [-0.2, 0) is 11.3 Å². The number of amides is 1. The van der Waals surface area contributed by atoms with Gasteiger partial charge in [0.2, 0.25) is 6.79 Å². The molecule has 1 amide bonds. The molecule has 0 fully saturated rings. The number of carbonyl (C=O) groups excluding carboxylic acids is 1. The summed E-state index contributed by atoms with van der Waals surface area (Å²) in [7, 11) is 0. The van der Waals surface area contributed by atoms with Crippen molar-refractivity contribution in [2.75, 3.05) is 6.79 Å². The summed E-state index contributed by atoms with van der Waals surface area (Å²) >= 11 is 0. The molecule has 1 aromatic carbocycles. The van der Waals surface area contributed by atoms with Crippen molar-refractivity contribution in [1.29, 1.82) is 0 Å². The average molecular weight is 273 g/mol. The van der Waals surface area contributed by atoms with Crippen molar-refractivity contribution in [2.24, 2.45) is 5.10 Å². The van der Waals surface area contributed by atoms with E-state index in [1.54, 1.807) is 12.1 Å². The van der Waals surface area contributed by atoms with Gasteiger partial charge in [0, 0.05) is 0 Å². The van der Waals surface area contributed by atoms with Crippen LogP contribution < -0.4 is 14.9 Å². The highest BCUT2D eigenvalue weighted by atomic mass is 16.7. The molecule has 20 heavy (non-hydrogen) atoms. The van der Waals surface area contributed by atoms with Crippen LogP contribution >= 0.6 is 0 Å². The quantitative estimate of drug-likeness (QED) is 0.633. The van der Waals surface area contributed by atoms with E-state index in [-0.39, 0.29) is 19.2 Å². The summed E-state index contributed by atoms with van der Waals surface area (Å²) in [6.07, 6.45) is 4.35. The number of hydrogen-bond acceptors (Lipinski definition) is 6. The van der Waals surface area contributed by atoms with E-state index in [1.807, 2.05) is 6.07 Å². The zero-order chi connectivity index (χ0) is 13.8. The minimum atomic E-state index is -0.285. The van der Waals surface area contributed by atoms with Gasteiger partial charge in [-0.2, -0.15) is 10.2 Å². The fourth-order valence-electron chi connectivity index (χ4n) is 1.67. The number of rotatable bonds is 4. The molecule has 2 heterocycles. The van der Waals surface area contributed by atoms with Crippen molar-refractivity contribution < 1.29 is 14.3 Å². The van der Waals surface area contributed by atoms with Gasteiger partial charge in [0.1, 0.15) is 19.2 Å². The SMILES string of the molecule is O=C(Cn1cncn1)N/N=C\c1ccc2c(c1)OCO2. The van der Waals surface area contributed by atoms with Gasteiger partial charge in [0.15, 0.2) is 11.5 Å². The van der Waals surface area contributed by atoms with Gasteiger partial charge in [-0.3, -0.25) is 4.79 Å². The van der Waals surface area contributed by atoms with E-state index < -0.39 is 0 Å². The van der Waals surface area contributed by atoms with Gasteiger partial charge in [-0.15, -0.1) is 0 Å². The number of benzene rings is 1. The fourth-order valence-corrected chi connectivity index (χ4v) is 1.67. The molecule has 0 saturated heterocycles. The van der Waals surface area contributed by atoms with Gasteiger partial charge in [-0.25, -0.2) is 15.1 Å². The maximum atomic E-state index is 11.5. The first kappa shape index (κ1) is 12.2. The summed E-state index contributed by atoms with van der Waals surface area (Å²) in [6, 6.07) is 5.40. The largest absolute Gasteiger partial charge is 0.454 e. The van der Waals surface area contributed by atoms with Crippen LogP contribution in [0.2, 0.25) is 0 Å². The molecule has 102 valence electrons. The van der Waals surface area contributed by atoms with Crippen LogP contribution in [0, 0.1) is 0 Å². The Hall–Kier alpha value is -2.90. The van der Waals surface area contributed by atoms with Gasteiger partial charge in [-0.1, -0.05) is 0 Å². The van der Waals surface area contributed by atoms with Gasteiger partial charge >= 0.3 is 0 Å². The number of hydrazone groups is 1. The third kappa shape index (κ3) is 2.74. The normalized spacial score (nSPS) is 12.8. The standard InChI is InChI=1S/C12H11N5O3/c18-12(5-17-7-13-6-15-17)16-14-4-9-1-2-10-11(3-9)20-8-19-10/h1-4,6-7H,5,8H2,(H,16,18)/b14-4-. The lowest BCUT2D eigenvalue weighted by molar-refractivity contribution is -0.121. The van der Waals surface area contributed by atoms with Crippen LogP contribution in [0.5, 0.6) is 11.5 Å². The van der Waals surface area contributed by atoms with E-state index in [9.17, 15) is 4.79 Å². The Balaban J connectivity index is 1.56. The smallest absolute Gasteiger partial charge is 0.261 e. The van der Waals surface area contributed by atoms with E-state index in [0.717, 1.165) is 5.56 Å². The molecule has 0 radical (unpaired) electrons. The molecule has 0 unspecified atom stereocenters. The molecule has 1 aromatic heterocycles. The van der Waals surface area contributed by atoms with Gasteiger partial charge in [0.05, 0.1) is 6.21 Å². The molecule has 0 spiro atoms. The summed E-state index contributed by atoms with van der Waals surface area (Å²) < 4.78 is 11.9. The molecule has 0 bridgehead atoms. The van der Waals surface area contributed by atoms with Crippen LogP contribution in [0.1, 0.15) is 5.56 Å². The molecular formula is C12H11N5O3. The molecule has 8 heteroatoms. The molecule has 1 N–H and O–H groups in total. The predicted octanol–water partition coefficient (Wildman–Crippen LogP) is 0.157. The summed E-state index contributed by atoms with van der Waals surface area (Å²) in [5.74, 6) is 1.09. The number of carbonyl (C=O) groups is 1. The number of nitrogens with zero attached hydrogens (tertiary/aromatic N) is 4. The fraction of sp³-hybridized carbons (Fsp3) is 0.167. The van der Waals surface area contributed by atoms with Crippen LogP contribution in [0.25, 0.3) is 0 Å². The molecular weight excluding hydrogens is 262 g/mol. The summed E-state index contributed by atoms with van der Waals surface area (Å²) in [6.45, 7) is 0.295. The first-order chi connectivity index (χ1) is 9.81. The zero-order valence-corrected chi connectivity index (χ0v) is 10.4. The van der Waals surface area contributed by atoms with Crippen LogP contribution in [0.15, 0.2) is 36.0 Å². The maximum Gasteiger partial charge on any atom is 0.261 e. The highest BCUT2D eigenvalue weighted by Gasteiger charge is 2.12.